The van der Waals surface area contributed by atoms with E-state index < -0.39 is 59.6 Å². The number of imide groups is 1. The molecule has 23 heavy (non-hydrogen) atoms. The number of amides is 2. The number of carbonyl (C=O) groups is 4. The van der Waals surface area contributed by atoms with Crippen molar-refractivity contribution in [2.45, 2.75) is 26.3 Å². The predicted octanol–water partition coefficient (Wildman–Crippen LogP) is -1.94. The fourth-order valence-electron chi connectivity index (χ4n) is 1.57. The van der Waals surface area contributed by atoms with Gasteiger partial charge in [-0.25, -0.2) is 9.59 Å². The molecule has 0 radical (unpaired) electrons. The summed E-state index contributed by atoms with van der Waals surface area (Å²) >= 11 is -2.53. The zero-order chi connectivity index (χ0) is 18.0. The Morgan fingerprint density at radius 2 is 1.57 bits per heavy atom. The Morgan fingerprint density at radius 3 is 1.91 bits per heavy atom. The minimum Gasteiger partial charge on any atom is -0.772 e. The van der Waals surface area contributed by atoms with Crippen molar-refractivity contribution in [3.05, 3.63) is 0 Å². The maximum absolute atomic E-state index is 12.1. The van der Waals surface area contributed by atoms with Crippen LogP contribution in [0, 0.1) is 0 Å². The molecule has 0 rings (SSSR count). The van der Waals surface area contributed by atoms with Crippen LogP contribution >= 0.6 is 0 Å². The Balaban J connectivity index is 5.57. The molecule has 11 heteroatoms. The monoisotopic (exact) mass is 351 g/mol. The number of esters is 2. The lowest BCUT2D eigenvalue weighted by Gasteiger charge is -2.26. The molecule has 1 unspecified atom stereocenters. The molecule has 0 aliphatic heterocycles. The molecule has 0 aromatic carbocycles. The third-order valence-corrected chi connectivity index (χ3v) is 3.01. The molecule has 0 bridgehead atoms. The van der Waals surface area contributed by atoms with E-state index in [0.717, 1.165) is 0 Å². The summed E-state index contributed by atoms with van der Waals surface area (Å²) < 4.78 is 30.4. The third kappa shape index (κ3) is 6.84. The van der Waals surface area contributed by atoms with Crippen LogP contribution in [0.5, 0.6) is 0 Å². The van der Waals surface area contributed by atoms with Crippen LogP contribution in [-0.2, 0) is 39.7 Å². The summed E-state index contributed by atoms with van der Waals surface area (Å²) in [5, 5.41) is 0. The first kappa shape index (κ1) is 21.1. The van der Waals surface area contributed by atoms with Gasteiger partial charge in [0.2, 0.25) is 17.9 Å². The summed E-state index contributed by atoms with van der Waals surface area (Å²) in [6.45, 7) is 2.08. The molecular weight excluding hydrogens is 332 g/mol. The van der Waals surface area contributed by atoms with Crippen molar-refractivity contribution < 1.29 is 37.4 Å². The highest BCUT2D eigenvalue weighted by Gasteiger charge is 2.41. The van der Waals surface area contributed by atoms with E-state index in [1.54, 1.807) is 0 Å². The average molecular weight is 351 g/mol. The van der Waals surface area contributed by atoms with Gasteiger partial charge in [-0.2, -0.15) is 0 Å². The van der Waals surface area contributed by atoms with Gasteiger partial charge < -0.3 is 19.8 Å². The van der Waals surface area contributed by atoms with Crippen LogP contribution in [0.2, 0.25) is 0 Å². The predicted molar refractivity (Wildman–Crippen MR) is 76.4 cm³/mol. The molecule has 0 aliphatic rings. The van der Waals surface area contributed by atoms with Crippen LogP contribution in [-0.4, -0.2) is 69.0 Å². The molecule has 0 aromatic heterocycles. The Hall–Kier alpha value is -1.85. The van der Waals surface area contributed by atoms with Crippen LogP contribution in [0.1, 0.15) is 20.3 Å². The van der Waals surface area contributed by atoms with E-state index in [-0.39, 0.29) is 13.2 Å². The fourth-order valence-corrected chi connectivity index (χ4v) is 1.91. The first-order chi connectivity index (χ1) is 10.8. The molecule has 1 atom stereocenters. The molecule has 2 amide bonds. The Labute approximate surface area is 135 Å². The largest absolute Gasteiger partial charge is 0.772 e. The van der Waals surface area contributed by atoms with E-state index in [2.05, 4.69) is 9.47 Å². The molecule has 0 saturated heterocycles. The minimum atomic E-state index is -2.53. The molecule has 132 valence electrons. The van der Waals surface area contributed by atoms with Crippen LogP contribution < -0.4 is 5.73 Å². The third-order valence-electron chi connectivity index (χ3n) is 2.47. The lowest BCUT2D eigenvalue weighted by Crippen LogP contribution is -2.55. The highest BCUT2D eigenvalue weighted by atomic mass is 32.2. The number of ether oxygens (including phenoxy) is 2. The van der Waals surface area contributed by atoms with E-state index in [4.69, 9.17) is 5.73 Å². The summed E-state index contributed by atoms with van der Waals surface area (Å²) in [5.74, 6) is -4.98. The van der Waals surface area contributed by atoms with Gasteiger partial charge in [0.05, 0.1) is 19.8 Å². The van der Waals surface area contributed by atoms with Crippen molar-refractivity contribution in [2.75, 3.05) is 25.5 Å². The van der Waals surface area contributed by atoms with E-state index in [1.807, 2.05) is 0 Å². The van der Waals surface area contributed by atoms with Crippen molar-refractivity contribution >= 4 is 34.8 Å². The van der Waals surface area contributed by atoms with Crippen molar-refractivity contribution in [3.8, 4) is 0 Å². The van der Waals surface area contributed by atoms with Crippen molar-refractivity contribution in [1.29, 1.82) is 0 Å². The lowest BCUT2D eigenvalue weighted by molar-refractivity contribution is -0.171. The maximum Gasteiger partial charge on any atom is 0.341 e. The van der Waals surface area contributed by atoms with Gasteiger partial charge in [-0.1, -0.05) is 11.1 Å². The summed E-state index contributed by atoms with van der Waals surface area (Å²) in [6.07, 6.45) is -0.600. The van der Waals surface area contributed by atoms with Crippen molar-refractivity contribution in [1.82, 2.24) is 4.90 Å². The Morgan fingerprint density at radius 1 is 1.09 bits per heavy atom. The zero-order valence-corrected chi connectivity index (χ0v) is 13.6. The number of rotatable bonds is 9. The molecule has 0 saturated carbocycles. The quantitative estimate of drug-likeness (QED) is 0.283. The van der Waals surface area contributed by atoms with Gasteiger partial charge >= 0.3 is 11.9 Å². The minimum absolute atomic E-state index is 0.0990. The second kappa shape index (κ2) is 10.8. The van der Waals surface area contributed by atoms with Gasteiger partial charge in [-0.15, -0.1) is 0 Å². The maximum atomic E-state index is 12.1. The van der Waals surface area contributed by atoms with Crippen LogP contribution in [0.15, 0.2) is 0 Å². The summed E-state index contributed by atoms with van der Waals surface area (Å²) in [4.78, 5) is 48.1. The molecule has 0 heterocycles. The Kier molecular flexibility index (Phi) is 9.94. The van der Waals surface area contributed by atoms with Gasteiger partial charge in [0.25, 0.3) is 0 Å². The number of carbonyl (C=O) groups excluding carboxylic acids is 4. The topological polar surface area (TPSA) is 156 Å². The Bertz CT molecular complexity index is 464. The second-order valence-corrected chi connectivity index (χ2v) is 5.04. The van der Waals surface area contributed by atoms with Crippen LogP contribution in [0.25, 0.3) is 0 Å². The highest BCUT2D eigenvalue weighted by Crippen LogP contribution is 2.09. The molecule has 0 aliphatic carbocycles. The number of nitrogens with zero attached hydrogens (tertiary/aromatic N) is 1. The average Bonchev–Trinajstić information content (AvgIpc) is 2.49. The number of hydrogen-bond acceptors (Lipinski definition) is 9. The molecular formula is C12H19N2O8S-. The van der Waals surface area contributed by atoms with E-state index in [0.29, 0.717) is 4.90 Å². The summed E-state index contributed by atoms with van der Waals surface area (Å²) in [6, 6.07) is -1.96. The van der Waals surface area contributed by atoms with Gasteiger partial charge in [0.15, 0.2) is 0 Å². The van der Waals surface area contributed by atoms with Gasteiger partial charge in [0.1, 0.15) is 0 Å². The second-order valence-electron chi connectivity index (χ2n) is 4.03. The molecule has 10 nitrogen and oxygen atoms in total. The fraction of sp³-hybridized carbons (Fsp3) is 0.667. The molecule has 0 fully saturated rings. The normalized spacial score (nSPS) is 11.7. The number of hydrogen-bond donors (Lipinski definition) is 1. The molecule has 0 spiro atoms. The van der Waals surface area contributed by atoms with Crippen LogP contribution in [0.3, 0.4) is 0 Å². The first-order valence-electron chi connectivity index (χ1n) is 6.74. The standard InChI is InChI=1S/C12H20N2O8S/c1-3-21-11(17)10(12(18)22-4-2)14(9(16)7-13)8(15)5-6-23(19)20/h10H,3-7,13H2,1-2H3,(H,19,20)/p-1. The lowest BCUT2D eigenvalue weighted by atomic mass is 10.2. The van der Waals surface area contributed by atoms with E-state index in [9.17, 15) is 27.9 Å². The van der Waals surface area contributed by atoms with E-state index in [1.165, 1.54) is 13.8 Å². The molecule has 2 N–H and O–H groups in total. The van der Waals surface area contributed by atoms with Crippen LogP contribution in [0.4, 0.5) is 0 Å². The van der Waals surface area contributed by atoms with Gasteiger partial charge in [0, 0.05) is 12.2 Å². The van der Waals surface area contributed by atoms with Gasteiger partial charge in [-0.3, -0.25) is 18.7 Å². The smallest absolute Gasteiger partial charge is 0.341 e. The summed E-state index contributed by atoms with van der Waals surface area (Å²) in [5.41, 5.74) is 5.18. The van der Waals surface area contributed by atoms with Gasteiger partial charge in [-0.05, 0) is 13.8 Å². The van der Waals surface area contributed by atoms with Crippen molar-refractivity contribution in [3.63, 3.8) is 0 Å². The highest BCUT2D eigenvalue weighted by molar-refractivity contribution is 7.79. The molecule has 0 aromatic rings. The first-order valence-corrected chi connectivity index (χ1v) is 7.98. The van der Waals surface area contributed by atoms with Crippen molar-refractivity contribution in [2.24, 2.45) is 5.73 Å². The summed E-state index contributed by atoms with van der Waals surface area (Å²) in [7, 11) is 0. The number of nitrogens with two attached hydrogens (primary N) is 1. The SMILES string of the molecule is CCOC(=O)C(C(=O)OCC)N(C(=O)CN)C(=O)CCS(=O)[O-]. The van der Waals surface area contributed by atoms with E-state index >= 15 is 0 Å². The zero-order valence-electron chi connectivity index (χ0n) is 12.8.